The van der Waals surface area contributed by atoms with Crippen molar-refractivity contribution in [1.29, 1.82) is 0 Å². The molecule has 0 bridgehead atoms. The van der Waals surface area contributed by atoms with E-state index in [1.54, 1.807) is 12.1 Å². The number of alkyl halides is 1. The highest BCUT2D eigenvalue weighted by molar-refractivity contribution is 9.09. The van der Waals surface area contributed by atoms with Gasteiger partial charge in [0.15, 0.2) is 0 Å². The highest BCUT2D eigenvalue weighted by Gasteiger charge is 2.08. The van der Waals surface area contributed by atoms with Gasteiger partial charge in [0.05, 0.1) is 11.6 Å². The number of benzene rings is 1. The van der Waals surface area contributed by atoms with Gasteiger partial charge in [-0.05, 0) is 31.1 Å². The lowest BCUT2D eigenvalue weighted by Crippen LogP contribution is -2.01. The highest BCUT2D eigenvalue weighted by atomic mass is 79.9. The van der Waals surface area contributed by atoms with E-state index in [0.717, 1.165) is 17.3 Å². The zero-order valence-electron chi connectivity index (χ0n) is 10.4. The standard InChI is InChI=1S/C13H14BrCl3O2/c1-9-7-10(18-6-3-12(16)17)8-11(15)13(9)19-5-2-4-14/h3,7-8H,2,4-6H2,1H3. The molecule has 0 fully saturated rings. The van der Waals surface area contributed by atoms with Crippen molar-refractivity contribution in [2.75, 3.05) is 18.5 Å². The minimum atomic E-state index is 0.178. The van der Waals surface area contributed by atoms with E-state index in [0.29, 0.717) is 29.7 Å². The molecule has 1 aromatic rings. The summed E-state index contributed by atoms with van der Waals surface area (Å²) in [6.45, 7) is 2.84. The second-order valence-electron chi connectivity index (χ2n) is 3.75. The van der Waals surface area contributed by atoms with Gasteiger partial charge in [-0.2, -0.15) is 0 Å². The van der Waals surface area contributed by atoms with Gasteiger partial charge in [0, 0.05) is 11.4 Å². The van der Waals surface area contributed by atoms with Gasteiger partial charge in [-0.3, -0.25) is 0 Å². The first-order chi connectivity index (χ1) is 9.04. The fourth-order valence-corrected chi connectivity index (χ4v) is 2.06. The van der Waals surface area contributed by atoms with Crippen LogP contribution in [0, 0.1) is 6.92 Å². The monoisotopic (exact) mass is 386 g/mol. The average Bonchev–Trinajstić information content (AvgIpc) is 2.32. The molecule has 0 atom stereocenters. The fraction of sp³-hybridized carbons (Fsp3) is 0.385. The van der Waals surface area contributed by atoms with Gasteiger partial charge in [-0.1, -0.05) is 50.7 Å². The molecular formula is C13H14BrCl3O2. The van der Waals surface area contributed by atoms with Crippen molar-refractivity contribution < 1.29 is 9.47 Å². The van der Waals surface area contributed by atoms with Crippen molar-refractivity contribution >= 4 is 50.7 Å². The minimum absolute atomic E-state index is 0.178. The molecule has 19 heavy (non-hydrogen) atoms. The van der Waals surface area contributed by atoms with Crippen LogP contribution in [-0.2, 0) is 0 Å². The summed E-state index contributed by atoms with van der Waals surface area (Å²) in [5.41, 5.74) is 0.929. The Kier molecular flexibility index (Phi) is 8.00. The third-order valence-electron chi connectivity index (χ3n) is 2.21. The summed E-state index contributed by atoms with van der Waals surface area (Å²) in [4.78, 5) is 0. The molecule has 6 heteroatoms. The number of aryl methyl sites for hydroxylation is 1. The molecule has 0 saturated carbocycles. The molecule has 0 aliphatic carbocycles. The van der Waals surface area contributed by atoms with Crippen LogP contribution in [0.1, 0.15) is 12.0 Å². The van der Waals surface area contributed by atoms with Gasteiger partial charge in [0.2, 0.25) is 0 Å². The molecule has 1 aromatic carbocycles. The SMILES string of the molecule is Cc1cc(OCC=C(Cl)Cl)cc(Cl)c1OCCCBr. The largest absolute Gasteiger partial charge is 0.492 e. The molecule has 0 saturated heterocycles. The number of hydrogen-bond donors (Lipinski definition) is 0. The number of hydrogen-bond acceptors (Lipinski definition) is 2. The molecule has 0 heterocycles. The van der Waals surface area contributed by atoms with Crippen LogP contribution in [0.5, 0.6) is 11.5 Å². The Balaban J connectivity index is 2.70. The van der Waals surface area contributed by atoms with E-state index < -0.39 is 0 Å². The third kappa shape index (κ3) is 6.26. The summed E-state index contributed by atoms with van der Waals surface area (Å²) >= 11 is 20.5. The van der Waals surface area contributed by atoms with E-state index in [9.17, 15) is 0 Å². The second-order valence-corrected chi connectivity index (χ2v) is 5.95. The van der Waals surface area contributed by atoms with Crippen LogP contribution in [0.3, 0.4) is 0 Å². The van der Waals surface area contributed by atoms with E-state index in [1.165, 1.54) is 0 Å². The van der Waals surface area contributed by atoms with Gasteiger partial charge in [-0.25, -0.2) is 0 Å². The van der Waals surface area contributed by atoms with E-state index in [4.69, 9.17) is 44.3 Å². The predicted molar refractivity (Wildman–Crippen MR) is 85.4 cm³/mol. The highest BCUT2D eigenvalue weighted by Crippen LogP contribution is 2.33. The molecule has 0 N–H and O–H groups in total. The van der Waals surface area contributed by atoms with Crippen LogP contribution < -0.4 is 9.47 Å². The lowest BCUT2D eigenvalue weighted by atomic mass is 10.2. The molecule has 0 radical (unpaired) electrons. The zero-order valence-corrected chi connectivity index (χ0v) is 14.2. The van der Waals surface area contributed by atoms with E-state index >= 15 is 0 Å². The maximum Gasteiger partial charge on any atom is 0.141 e. The first-order valence-electron chi connectivity index (χ1n) is 5.67. The Bertz CT molecular complexity index is 423. The number of rotatable bonds is 7. The molecule has 0 unspecified atom stereocenters. The molecule has 0 aliphatic heterocycles. The third-order valence-corrected chi connectivity index (χ3v) is 3.36. The Hall–Kier alpha value is -0.0900. The molecule has 0 spiro atoms. The van der Waals surface area contributed by atoms with E-state index in [1.807, 2.05) is 13.0 Å². The molecule has 106 valence electrons. The summed E-state index contributed by atoms with van der Waals surface area (Å²) in [5, 5.41) is 1.43. The maximum atomic E-state index is 6.17. The van der Waals surface area contributed by atoms with Crippen molar-refractivity contribution in [2.24, 2.45) is 0 Å². The minimum Gasteiger partial charge on any atom is -0.492 e. The first-order valence-corrected chi connectivity index (χ1v) is 7.93. The summed E-state index contributed by atoms with van der Waals surface area (Å²) < 4.78 is 11.3. The molecular weight excluding hydrogens is 374 g/mol. The Morgan fingerprint density at radius 2 is 2.05 bits per heavy atom. The summed E-state index contributed by atoms with van der Waals surface area (Å²) in [6, 6.07) is 3.58. The maximum absolute atomic E-state index is 6.17. The first kappa shape index (κ1) is 17.0. The van der Waals surface area contributed by atoms with E-state index in [-0.39, 0.29) is 4.49 Å². The van der Waals surface area contributed by atoms with Gasteiger partial charge >= 0.3 is 0 Å². The van der Waals surface area contributed by atoms with Crippen LogP contribution in [-0.4, -0.2) is 18.5 Å². The fourth-order valence-electron chi connectivity index (χ4n) is 1.40. The van der Waals surface area contributed by atoms with Crippen molar-refractivity contribution in [3.63, 3.8) is 0 Å². The van der Waals surface area contributed by atoms with Crippen molar-refractivity contribution in [3.8, 4) is 11.5 Å². The van der Waals surface area contributed by atoms with Crippen molar-refractivity contribution in [3.05, 3.63) is 33.3 Å². The van der Waals surface area contributed by atoms with Crippen LogP contribution in [0.15, 0.2) is 22.7 Å². The molecule has 2 nitrogen and oxygen atoms in total. The molecule has 0 aromatic heterocycles. The van der Waals surface area contributed by atoms with Crippen molar-refractivity contribution in [1.82, 2.24) is 0 Å². The van der Waals surface area contributed by atoms with Crippen LogP contribution in [0.2, 0.25) is 5.02 Å². The lowest BCUT2D eigenvalue weighted by Gasteiger charge is -2.12. The molecule has 0 aliphatic rings. The van der Waals surface area contributed by atoms with Gasteiger partial charge in [-0.15, -0.1) is 0 Å². The van der Waals surface area contributed by atoms with Crippen LogP contribution in [0.4, 0.5) is 0 Å². The average molecular weight is 389 g/mol. The van der Waals surface area contributed by atoms with Crippen LogP contribution in [0.25, 0.3) is 0 Å². The Morgan fingerprint density at radius 1 is 1.32 bits per heavy atom. The molecule has 0 amide bonds. The normalized spacial score (nSPS) is 10.2. The molecule has 1 rings (SSSR count). The van der Waals surface area contributed by atoms with Gasteiger partial charge in [0.25, 0.3) is 0 Å². The second kappa shape index (κ2) is 8.96. The quantitative estimate of drug-likeness (QED) is 0.453. The van der Waals surface area contributed by atoms with Gasteiger partial charge in [0.1, 0.15) is 22.6 Å². The Morgan fingerprint density at radius 3 is 2.63 bits per heavy atom. The summed E-state index contributed by atoms with van der Waals surface area (Å²) in [7, 11) is 0. The van der Waals surface area contributed by atoms with Crippen molar-refractivity contribution in [2.45, 2.75) is 13.3 Å². The topological polar surface area (TPSA) is 18.5 Å². The van der Waals surface area contributed by atoms with Gasteiger partial charge < -0.3 is 9.47 Å². The smallest absolute Gasteiger partial charge is 0.141 e. The lowest BCUT2D eigenvalue weighted by molar-refractivity contribution is 0.315. The summed E-state index contributed by atoms with van der Waals surface area (Å²) in [5.74, 6) is 1.35. The predicted octanol–water partition coefficient (Wildman–Crippen LogP) is 5.51. The van der Waals surface area contributed by atoms with E-state index in [2.05, 4.69) is 15.9 Å². The number of halogens is 4. The zero-order chi connectivity index (χ0) is 14.3. The number of ether oxygens (including phenoxy) is 2. The summed E-state index contributed by atoms with van der Waals surface area (Å²) in [6.07, 6.45) is 2.49. The Labute approximate surface area is 136 Å². The van der Waals surface area contributed by atoms with Crippen LogP contribution >= 0.6 is 50.7 Å².